The minimum atomic E-state index is -0.581. The highest BCUT2D eigenvalue weighted by molar-refractivity contribution is 7.09. The van der Waals surface area contributed by atoms with Gasteiger partial charge in [-0.15, -0.1) is 11.3 Å². The lowest BCUT2D eigenvalue weighted by Crippen LogP contribution is -2.69. The number of carbonyl (C=O) groups excluding carboxylic acids is 2. The van der Waals surface area contributed by atoms with Crippen molar-refractivity contribution >= 4 is 28.8 Å². The topological polar surface area (TPSA) is 98.4 Å². The minimum absolute atomic E-state index is 0.0633. The fourth-order valence-electron chi connectivity index (χ4n) is 4.61. The van der Waals surface area contributed by atoms with E-state index in [0.717, 1.165) is 16.1 Å². The number of hydrogen-bond donors (Lipinski definition) is 1. The quantitative estimate of drug-likeness (QED) is 0.321. The Labute approximate surface area is 201 Å². The van der Waals surface area contributed by atoms with E-state index in [0.29, 0.717) is 24.1 Å². The highest BCUT2D eigenvalue weighted by Crippen LogP contribution is 2.42. The zero-order chi connectivity index (χ0) is 23.7. The van der Waals surface area contributed by atoms with Crippen molar-refractivity contribution in [2.45, 2.75) is 30.8 Å². The molecule has 0 radical (unpaired) electrons. The molecule has 1 fully saturated rings. The Bertz CT molecular complexity index is 1220. The number of amides is 1. The molecule has 7 nitrogen and oxygen atoms in total. The van der Waals surface area contributed by atoms with Gasteiger partial charge in [-0.05, 0) is 30.0 Å². The van der Waals surface area contributed by atoms with E-state index in [1.54, 1.807) is 6.20 Å². The van der Waals surface area contributed by atoms with Gasteiger partial charge < -0.3 is 10.5 Å². The third-order valence-corrected chi connectivity index (χ3v) is 7.15. The third-order valence-electron chi connectivity index (χ3n) is 6.24. The van der Waals surface area contributed by atoms with Crippen molar-refractivity contribution in [1.82, 2.24) is 14.9 Å². The number of fused-ring (bicyclic) bond motifs is 1. The van der Waals surface area contributed by atoms with Crippen LogP contribution in [-0.4, -0.2) is 45.4 Å². The number of thiazole rings is 1. The zero-order valence-corrected chi connectivity index (χ0v) is 19.3. The number of carbonyl (C=O) groups is 2. The van der Waals surface area contributed by atoms with Crippen molar-refractivity contribution in [3.63, 3.8) is 0 Å². The van der Waals surface area contributed by atoms with Gasteiger partial charge in [0.05, 0.1) is 17.7 Å². The normalized spacial score (nSPS) is 20.4. The van der Waals surface area contributed by atoms with Gasteiger partial charge in [0.1, 0.15) is 23.4 Å². The molecule has 1 unspecified atom stereocenters. The molecule has 2 aliphatic heterocycles. The average molecular weight is 473 g/mol. The smallest absolute Gasteiger partial charge is 0.355 e. The lowest BCUT2D eigenvalue weighted by atomic mass is 9.83. The lowest BCUT2D eigenvalue weighted by molar-refractivity contribution is -0.154. The van der Waals surface area contributed by atoms with E-state index < -0.39 is 12.0 Å². The molecule has 0 bridgehead atoms. The standard InChI is InChI=1S/C26H24N4O3S/c1-2-13-33-26(32)23-18(10-11-20-22(27)25(31)30(20)23)19-15-34-24(29-19)21(16-7-4-3-5-8-16)17-9-6-12-28-14-17/h2-9,12,14-15,20-22H,1,10-11,13,27H2/t20-,21?,22+/m1/s1. The minimum Gasteiger partial charge on any atom is -0.457 e. The number of allylic oxidation sites excluding steroid dienone is 1. The lowest BCUT2D eigenvalue weighted by Gasteiger charge is -2.48. The molecule has 0 saturated carbocycles. The Morgan fingerprint density at radius 3 is 2.79 bits per heavy atom. The van der Waals surface area contributed by atoms with E-state index in [1.807, 2.05) is 41.9 Å². The number of nitrogens with zero attached hydrogens (tertiary/aromatic N) is 3. The molecule has 1 aromatic carbocycles. The second kappa shape index (κ2) is 9.32. The van der Waals surface area contributed by atoms with Crippen LogP contribution >= 0.6 is 11.3 Å². The number of ether oxygens (including phenoxy) is 1. The van der Waals surface area contributed by atoms with Crippen molar-refractivity contribution in [2.24, 2.45) is 5.73 Å². The number of esters is 1. The molecule has 0 spiro atoms. The van der Waals surface area contributed by atoms with Gasteiger partial charge in [-0.2, -0.15) is 0 Å². The fraction of sp³-hybridized carbons (Fsp3) is 0.231. The van der Waals surface area contributed by atoms with Crippen LogP contribution in [0.4, 0.5) is 0 Å². The summed E-state index contributed by atoms with van der Waals surface area (Å²) in [7, 11) is 0. The molecule has 0 aliphatic carbocycles. The van der Waals surface area contributed by atoms with E-state index >= 15 is 0 Å². The first-order valence-electron chi connectivity index (χ1n) is 11.1. The third kappa shape index (κ3) is 3.85. The van der Waals surface area contributed by atoms with Crippen LogP contribution in [0.3, 0.4) is 0 Å². The number of hydrogen-bond acceptors (Lipinski definition) is 7. The van der Waals surface area contributed by atoms with Gasteiger partial charge in [0.25, 0.3) is 0 Å². The number of pyridine rings is 1. The Morgan fingerprint density at radius 1 is 1.26 bits per heavy atom. The number of β-lactam (4-membered cyclic amide) rings is 1. The summed E-state index contributed by atoms with van der Waals surface area (Å²) in [6.45, 7) is 3.66. The van der Waals surface area contributed by atoms with E-state index in [9.17, 15) is 9.59 Å². The van der Waals surface area contributed by atoms with Gasteiger partial charge in [0.15, 0.2) is 0 Å². The van der Waals surface area contributed by atoms with Gasteiger partial charge in [0, 0.05) is 23.3 Å². The van der Waals surface area contributed by atoms with Gasteiger partial charge >= 0.3 is 5.97 Å². The molecule has 1 saturated heterocycles. The highest BCUT2D eigenvalue weighted by atomic mass is 32.1. The summed E-state index contributed by atoms with van der Waals surface area (Å²) in [6.07, 6.45) is 6.37. The summed E-state index contributed by atoms with van der Waals surface area (Å²) in [5.41, 5.74) is 9.77. The number of benzene rings is 1. The SMILES string of the molecule is C=CCOC(=O)C1=C(c2csc(C(c3ccccc3)c3cccnc3)n2)CC[C@@H]2[C@H](N)C(=O)N12. The monoisotopic (exact) mass is 472 g/mol. The molecule has 2 N–H and O–H groups in total. The molecule has 2 aromatic heterocycles. The number of rotatable bonds is 7. The summed E-state index contributed by atoms with van der Waals surface area (Å²) in [5, 5.41) is 2.83. The van der Waals surface area contributed by atoms with Crippen molar-refractivity contribution in [2.75, 3.05) is 6.61 Å². The Hall–Kier alpha value is -3.62. The first kappa shape index (κ1) is 22.2. The van der Waals surface area contributed by atoms with E-state index in [1.165, 1.54) is 22.3 Å². The highest BCUT2D eigenvalue weighted by Gasteiger charge is 2.51. The molecular weight excluding hydrogens is 448 g/mol. The van der Waals surface area contributed by atoms with Crippen LogP contribution in [0.2, 0.25) is 0 Å². The Balaban J connectivity index is 1.57. The molecule has 3 aromatic rings. The zero-order valence-electron chi connectivity index (χ0n) is 18.5. The fourth-order valence-corrected chi connectivity index (χ4v) is 5.60. The molecule has 2 aliphatic rings. The van der Waals surface area contributed by atoms with E-state index in [-0.39, 0.29) is 30.2 Å². The predicted molar refractivity (Wildman–Crippen MR) is 130 cm³/mol. The second-order valence-electron chi connectivity index (χ2n) is 8.26. The van der Waals surface area contributed by atoms with Crippen LogP contribution in [-0.2, 0) is 14.3 Å². The first-order valence-corrected chi connectivity index (χ1v) is 12.0. The molecule has 34 heavy (non-hydrogen) atoms. The summed E-state index contributed by atoms with van der Waals surface area (Å²) in [4.78, 5) is 36.3. The van der Waals surface area contributed by atoms with Gasteiger partial charge in [-0.1, -0.05) is 49.1 Å². The van der Waals surface area contributed by atoms with Crippen molar-refractivity contribution in [3.05, 3.63) is 100 Å². The van der Waals surface area contributed by atoms with Crippen LogP contribution in [0.1, 0.15) is 40.6 Å². The van der Waals surface area contributed by atoms with Crippen molar-refractivity contribution < 1.29 is 14.3 Å². The average Bonchev–Trinajstić information content (AvgIpc) is 3.36. The summed E-state index contributed by atoms with van der Waals surface area (Å²) < 4.78 is 5.33. The first-order chi connectivity index (χ1) is 16.6. The van der Waals surface area contributed by atoms with E-state index in [4.69, 9.17) is 15.5 Å². The maximum absolute atomic E-state index is 13.0. The van der Waals surface area contributed by atoms with Gasteiger partial charge in [0.2, 0.25) is 5.91 Å². The van der Waals surface area contributed by atoms with Crippen molar-refractivity contribution in [3.8, 4) is 0 Å². The molecule has 4 heterocycles. The van der Waals surface area contributed by atoms with Gasteiger partial charge in [-0.25, -0.2) is 9.78 Å². The number of aromatic nitrogens is 2. The Morgan fingerprint density at radius 2 is 2.06 bits per heavy atom. The summed E-state index contributed by atoms with van der Waals surface area (Å²) in [6, 6.07) is 13.3. The Kier molecular flexibility index (Phi) is 6.08. The van der Waals surface area contributed by atoms with Gasteiger partial charge in [-0.3, -0.25) is 14.7 Å². The summed E-state index contributed by atoms with van der Waals surface area (Å²) in [5.74, 6) is -0.914. The van der Waals surface area contributed by atoms with E-state index in [2.05, 4.69) is 23.7 Å². The maximum atomic E-state index is 13.0. The molecule has 172 valence electrons. The molecular formula is C26H24N4O3S. The van der Waals surface area contributed by atoms with Crippen molar-refractivity contribution in [1.29, 1.82) is 0 Å². The summed E-state index contributed by atoms with van der Waals surface area (Å²) >= 11 is 1.52. The molecule has 5 rings (SSSR count). The largest absolute Gasteiger partial charge is 0.457 e. The second-order valence-corrected chi connectivity index (χ2v) is 9.15. The van der Waals surface area contributed by atoms with Crippen LogP contribution in [0.25, 0.3) is 5.57 Å². The van der Waals surface area contributed by atoms with Crippen LogP contribution in [0.5, 0.6) is 0 Å². The molecule has 8 heteroatoms. The predicted octanol–water partition coefficient (Wildman–Crippen LogP) is 3.49. The molecule has 3 atom stereocenters. The van der Waals surface area contributed by atoms with Crippen LogP contribution in [0, 0.1) is 0 Å². The van der Waals surface area contributed by atoms with Crippen LogP contribution in [0.15, 0.2) is 78.6 Å². The number of nitrogens with two attached hydrogens (primary N) is 1. The molecule has 1 amide bonds. The van der Waals surface area contributed by atoms with Crippen LogP contribution < -0.4 is 5.73 Å². The maximum Gasteiger partial charge on any atom is 0.355 e.